The lowest BCUT2D eigenvalue weighted by atomic mass is 9.86. The lowest BCUT2D eigenvalue weighted by molar-refractivity contribution is 0.472. The first-order chi connectivity index (χ1) is 9.87. The van der Waals surface area contributed by atoms with Crippen molar-refractivity contribution in [2.75, 3.05) is 0 Å². The molecule has 6 heteroatoms. The summed E-state index contributed by atoms with van der Waals surface area (Å²) in [5, 5.41) is 16.7. The van der Waals surface area contributed by atoms with Crippen LogP contribution in [-0.2, 0) is 23.1 Å². The molecule has 112 valence electrons. The summed E-state index contributed by atoms with van der Waals surface area (Å²) in [7, 11) is -4.06. The summed E-state index contributed by atoms with van der Waals surface area (Å²) < 4.78 is 27.5. The molecule has 0 atom stereocenters. The molecule has 0 aliphatic heterocycles. The molecule has 3 N–H and O–H groups in total. The van der Waals surface area contributed by atoms with Crippen molar-refractivity contribution >= 4 is 21.1 Å². The van der Waals surface area contributed by atoms with Crippen LogP contribution in [-0.4, -0.2) is 13.5 Å². The van der Waals surface area contributed by atoms with Crippen molar-refractivity contribution in [1.82, 2.24) is 0 Å². The summed E-state index contributed by atoms with van der Waals surface area (Å²) >= 11 is 0. The van der Waals surface area contributed by atoms with Gasteiger partial charge in [0.05, 0.1) is 0 Å². The first kappa shape index (κ1) is 14.2. The van der Waals surface area contributed by atoms with Gasteiger partial charge in [0.15, 0.2) is 0 Å². The van der Waals surface area contributed by atoms with Crippen LogP contribution in [0.1, 0.15) is 29.5 Å². The average molecular weight is 307 g/mol. The van der Waals surface area contributed by atoms with E-state index in [1.807, 2.05) is 6.07 Å². The van der Waals surface area contributed by atoms with Gasteiger partial charge in [-0.15, -0.1) is 0 Å². The summed E-state index contributed by atoms with van der Waals surface area (Å²) in [6.45, 7) is 1.80. The molecular formula is C15H17NO4S. The molecule has 0 radical (unpaired) electrons. The highest BCUT2D eigenvalue weighted by molar-refractivity contribution is 7.84. The zero-order chi connectivity index (χ0) is 15.2. The fourth-order valence-corrected chi connectivity index (χ4v) is 3.46. The van der Waals surface area contributed by atoms with Crippen LogP contribution in [0.2, 0.25) is 0 Å². The van der Waals surface area contributed by atoms with Crippen molar-refractivity contribution in [3.63, 3.8) is 0 Å². The van der Waals surface area contributed by atoms with E-state index in [2.05, 4.69) is 0 Å². The minimum Gasteiger partial charge on any atom is -0.508 e. The third-order valence-corrected chi connectivity index (χ3v) is 4.47. The van der Waals surface area contributed by atoms with Crippen LogP contribution in [0.25, 0.3) is 10.8 Å². The van der Waals surface area contributed by atoms with E-state index in [1.165, 1.54) is 0 Å². The molecule has 0 saturated heterocycles. The van der Waals surface area contributed by atoms with Gasteiger partial charge in [-0.05, 0) is 72.2 Å². The van der Waals surface area contributed by atoms with Crippen LogP contribution in [0, 0.1) is 6.92 Å². The molecule has 3 rings (SSSR count). The second kappa shape index (κ2) is 4.89. The first-order valence-electron chi connectivity index (χ1n) is 6.86. The fourth-order valence-electron chi connectivity index (χ4n) is 3.06. The fraction of sp³-hybridized carbons (Fsp3) is 0.333. The second-order valence-electron chi connectivity index (χ2n) is 5.42. The Morgan fingerprint density at radius 3 is 2.48 bits per heavy atom. The van der Waals surface area contributed by atoms with Crippen LogP contribution >= 0.6 is 0 Å². The van der Waals surface area contributed by atoms with E-state index in [4.69, 9.17) is 9.32 Å². The highest BCUT2D eigenvalue weighted by Crippen LogP contribution is 2.39. The number of phenols is 1. The number of nitrogens with two attached hydrogens (primary N) is 1. The van der Waals surface area contributed by atoms with Gasteiger partial charge in [0.25, 0.3) is 0 Å². The van der Waals surface area contributed by atoms with Crippen molar-refractivity contribution in [2.45, 2.75) is 32.6 Å². The lowest BCUT2D eigenvalue weighted by Gasteiger charge is -2.22. The predicted molar refractivity (Wildman–Crippen MR) is 80.7 cm³/mol. The quantitative estimate of drug-likeness (QED) is 0.891. The smallest absolute Gasteiger partial charge is 0.380 e. The van der Waals surface area contributed by atoms with Gasteiger partial charge >= 0.3 is 10.3 Å². The third-order valence-electron chi connectivity index (χ3n) is 4.06. The largest absolute Gasteiger partial charge is 0.508 e. The highest BCUT2D eigenvalue weighted by atomic mass is 32.2. The molecular weight excluding hydrogens is 290 g/mol. The Hall–Kier alpha value is -1.79. The number of phenolic OH excluding ortho intramolecular Hbond substituents is 1. The molecule has 2 aromatic rings. The molecule has 0 fully saturated rings. The summed E-state index contributed by atoms with van der Waals surface area (Å²) in [5.74, 6) is 0.466. The molecule has 0 heterocycles. The predicted octanol–water partition coefficient (Wildman–Crippen LogP) is 2.31. The molecule has 2 aromatic carbocycles. The van der Waals surface area contributed by atoms with E-state index in [1.54, 1.807) is 19.1 Å². The van der Waals surface area contributed by atoms with Crippen molar-refractivity contribution < 1.29 is 17.7 Å². The maximum Gasteiger partial charge on any atom is 0.380 e. The minimum atomic E-state index is -4.06. The number of rotatable bonds is 2. The van der Waals surface area contributed by atoms with E-state index in [-0.39, 0.29) is 11.5 Å². The monoisotopic (exact) mass is 307 g/mol. The third kappa shape index (κ3) is 2.56. The Labute approximate surface area is 123 Å². The number of hydrogen-bond donors (Lipinski definition) is 2. The Morgan fingerprint density at radius 2 is 1.81 bits per heavy atom. The maximum atomic E-state index is 11.3. The summed E-state index contributed by atoms with van der Waals surface area (Å²) in [5.41, 5.74) is 2.72. The molecule has 0 aromatic heterocycles. The zero-order valence-electron chi connectivity index (χ0n) is 11.7. The van der Waals surface area contributed by atoms with Crippen molar-refractivity contribution in [2.24, 2.45) is 5.14 Å². The molecule has 21 heavy (non-hydrogen) atoms. The van der Waals surface area contributed by atoms with Crippen LogP contribution in [0.5, 0.6) is 11.5 Å². The SMILES string of the molecule is Cc1c(O)ccc2c3c(c(OS(N)(=O)=O)cc12)CCCC3. The summed E-state index contributed by atoms with van der Waals surface area (Å²) in [6, 6.07) is 5.22. The first-order valence-corrected chi connectivity index (χ1v) is 8.33. The molecule has 0 bridgehead atoms. The van der Waals surface area contributed by atoms with Crippen LogP contribution in [0.4, 0.5) is 0 Å². The highest BCUT2D eigenvalue weighted by Gasteiger charge is 2.21. The number of benzene rings is 2. The summed E-state index contributed by atoms with van der Waals surface area (Å²) in [6.07, 6.45) is 3.70. The molecule has 0 amide bonds. The van der Waals surface area contributed by atoms with Crippen molar-refractivity contribution in [3.05, 3.63) is 34.9 Å². The van der Waals surface area contributed by atoms with Gasteiger partial charge in [-0.25, -0.2) is 0 Å². The van der Waals surface area contributed by atoms with Gasteiger partial charge < -0.3 is 9.29 Å². The second-order valence-corrected chi connectivity index (χ2v) is 6.57. The lowest BCUT2D eigenvalue weighted by Crippen LogP contribution is -2.20. The van der Waals surface area contributed by atoms with Crippen LogP contribution in [0.3, 0.4) is 0 Å². The number of aromatic hydroxyl groups is 1. The van der Waals surface area contributed by atoms with Gasteiger partial charge in [-0.2, -0.15) is 13.6 Å². The van der Waals surface area contributed by atoms with Gasteiger partial charge in [-0.3, -0.25) is 0 Å². The number of aryl methyl sites for hydroxylation is 2. The van der Waals surface area contributed by atoms with E-state index < -0.39 is 10.3 Å². The Balaban J connectivity index is 2.34. The molecule has 0 saturated carbocycles. The van der Waals surface area contributed by atoms with Gasteiger partial charge in [-0.1, -0.05) is 6.07 Å². The van der Waals surface area contributed by atoms with E-state index in [9.17, 15) is 13.5 Å². The topological polar surface area (TPSA) is 89.6 Å². The van der Waals surface area contributed by atoms with E-state index in [0.29, 0.717) is 5.56 Å². The standard InChI is InChI=1S/C15H17NO4S/c1-9-13-8-15(20-21(16,18)19)12-5-3-2-4-10(12)11(13)6-7-14(9)17/h6-8,17H,2-5H2,1H3,(H2,16,18,19). The molecule has 0 unspecified atom stereocenters. The molecule has 5 nitrogen and oxygen atoms in total. The van der Waals surface area contributed by atoms with Crippen molar-refractivity contribution in [1.29, 1.82) is 0 Å². The average Bonchev–Trinajstić information content (AvgIpc) is 2.42. The van der Waals surface area contributed by atoms with Crippen LogP contribution < -0.4 is 9.32 Å². The Bertz CT molecular complexity index is 827. The molecule has 0 spiro atoms. The van der Waals surface area contributed by atoms with Crippen LogP contribution in [0.15, 0.2) is 18.2 Å². The zero-order valence-corrected chi connectivity index (χ0v) is 12.5. The normalized spacial score (nSPS) is 15.0. The van der Waals surface area contributed by atoms with Gasteiger partial charge in [0.1, 0.15) is 11.5 Å². The number of hydrogen-bond acceptors (Lipinski definition) is 4. The summed E-state index contributed by atoms with van der Waals surface area (Å²) in [4.78, 5) is 0. The number of fused-ring (bicyclic) bond motifs is 3. The minimum absolute atomic E-state index is 0.180. The van der Waals surface area contributed by atoms with Gasteiger partial charge in [0, 0.05) is 0 Å². The van der Waals surface area contributed by atoms with Gasteiger partial charge in [0.2, 0.25) is 0 Å². The Morgan fingerprint density at radius 1 is 1.14 bits per heavy atom. The Kier molecular flexibility index (Phi) is 3.30. The van der Waals surface area contributed by atoms with Crippen molar-refractivity contribution in [3.8, 4) is 11.5 Å². The molecule has 1 aliphatic rings. The van der Waals surface area contributed by atoms with E-state index in [0.717, 1.165) is 47.6 Å². The molecule has 1 aliphatic carbocycles. The van der Waals surface area contributed by atoms with E-state index >= 15 is 0 Å². The maximum absolute atomic E-state index is 11.3.